The number of halogens is 2. The molecule has 0 aliphatic heterocycles. The first-order valence-electron chi connectivity index (χ1n) is 5.70. The second kappa shape index (κ2) is 5.74. The van der Waals surface area contributed by atoms with E-state index in [2.05, 4.69) is 10.3 Å². The molecule has 1 aromatic carbocycles. The number of hydrogen-bond acceptors (Lipinski definition) is 2. The lowest BCUT2D eigenvalue weighted by Gasteiger charge is -2.15. The fourth-order valence-electron chi connectivity index (χ4n) is 1.90. The molecule has 5 heteroatoms. The van der Waals surface area contributed by atoms with Crippen molar-refractivity contribution in [3.63, 3.8) is 0 Å². The number of likely N-dealkylation sites (N-methyl/N-ethyl adjacent to an activating group) is 1. The minimum Gasteiger partial charge on any atom is -0.340 e. The number of benzene rings is 1. The Hall–Kier alpha value is -1.03. The van der Waals surface area contributed by atoms with Crippen LogP contribution in [-0.4, -0.2) is 16.6 Å². The highest BCUT2D eigenvalue weighted by Gasteiger charge is 2.16. The molecule has 0 amide bonds. The summed E-state index contributed by atoms with van der Waals surface area (Å²) in [5.41, 5.74) is 1.93. The Bertz CT molecular complexity index is 517. The Labute approximate surface area is 117 Å². The topological polar surface area (TPSA) is 29.9 Å². The van der Waals surface area contributed by atoms with Gasteiger partial charge in [-0.15, -0.1) is 0 Å². The van der Waals surface area contributed by atoms with Crippen molar-refractivity contribution >= 4 is 23.2 Å². The third-order valence-electron chi connectivity index (χ3n) is 2.90. The number of hydrogen-bond donors (Lipinski definition) is 1. The summed E-state index contributed by atoms with van der Waals surface area (Å²) in [4.78, 5) is 4.36. The van der Waals surface area contributed by atoms with Gasteiger partial charge in [-0.05, 0) is 31.2 Å². The van der Waals surface area contributed by atoms with Crippen molar-refractivity contribution in [2.24, 2.45) is 7.05 Å². The molecule has 0 radical (unpaired) electrons. The number of rotatable bonds is 4. The molecule has 1 N–H and O–H groups in total. The van der Waals surface area contributed by atoms with E-state index < -0.39 is 0 Å². The molecule has 0 spiro atoms. The molecule has 0 aliphatic carbocycles. The maximum atomic E-state index is 6.19. The predicted molar refractivity (Wildman–Crippen MR) is 75.2 cm³/mol. The molecule has 96 valence electrons. The van der Waals surface area contributed by atoms with Crippen LogP contribution < -0.4 is 5.32 Å². The zero-order chi connectivity index (χ0) is 13.1. The molecule has 3 nitrogen and oxygen atoms in total. The van der Waals surface area contributed by atoms with E-state index in [9.17, 15) is 0 Å². The van der Waals surface area contributed by atoms with Crippen LogP contribution in [0.1, 0.15) is 17.3 Å². The molecule has 0 bridgehead atoms. The first-order chi connectivity index (χ1) is 8.61. The Morgan fingerprint density at radius 2 is 2.00 bits per heavy atom. The second-order valence-corrected chi connectivity index (χ2v) is 5.02. The number of nitrogens with one attached hydrogen (secondary N) is 1. The van der Waals surface area contributed by atoms with Crippen LogP contribution in [0.2, 0.25) is 10.0 Å². The molecule has 1 heterocycles. The van der Waals surface area contributed by atoms with Crippen LogP contribution in [0, 0.1) is 0 Å². The van der Waals surface area contributed by atoms with E-state index >= 15 is 0 Å². The molecular formula is C13H15Cl2N3. The van der Waals surface area contributed by atoms with E-state index in [0.29, 0.717) is 16.5 Å². The molecule has 1 atom stereocenters. The molecule has 2 aromatic rings. The fourth-order valence-corrected chi connectivity index (χ4v) is 2.45. The van der Waals surface area contributed by atoms with E-state index in [1.54, 1.807) is 6.33 Å². The van der Waals surface area contributed by atoms with Gasteiger partial charge in [-0.2, -0.15) is 0 Å². The molecule has 0 saturated carbocycles. The van der Waals surface area contributed by atoms with Crippen LogP contribution in [0.5, 0.6) is 0 Å². The van der Waals surface area contributed by atoms with Gasteiger partial charge in [0.05, 0.1) is 18.1 Å². The normalized spacial score (nSPS) is 12.7. The minimum absolute atomic E-state index is 0.101. The van der Waals surface area contributed by atoms with Gasteiger partial charge in [0.15, 0.2) is 0 Å². The maximum Gasteiger partial charge on any atom is 0.0947 e. The number of aryl methyl sites for hydroxylation is 1. The third kappa shape index (κ3) is 2.86. The molecule has 0 aliphatic rings. The van der Waals surface area contributed by atoms with Crippen LogP contribution in [-0.2, 0) is 13.5 Å². The van der Waals surface area contributed by atoms with Crippen LogP contribution in [0.4, 0.5) is 0 Å². The Kier molecular flexibility index (Phi) is 4.27. The molecule has 2 rings (SSSR count). The maximum absolute atomic E-state index is 6.19. The highest BCUT2D eigenvalue weighted by Crippen LogP contribution is 2.28. The lowest BCUT2D eigenvalue weighted by atomic mass is 10.0. The largest absolute Gasteiger partial charge is 0.340 e. The average Bonchev–Trinajstić information content (AvgIpc) is 2.76. The second-order valence-electron chi connectivity index (χ2n) is 4.21. The molecule has 1 aromatic heterocycles. The van der Waals surface area contributed by atoms with Crippen LogP contribution in [0.25, 0.3) is 0 Å². The van der Waals surface area contributed by atoms with Gasteiger partial charge in [-0.25, -0.2) is 4.98 Å². The van der Waals surface area contributed by atoms with Crippen LogP contribution in [0.3, 0.4) is 0 Å². The highest BCUT2D eigenvalue weighted by atomic mass is 35.5. The SMILES string of the molecule is CNC(Cc1c(Cl)cccc1Cl)c1cn(C)cn1. The van der Waals surface area contributed by atoms with E-state index in [0.717, 1.165) is 11.3 Å². The van der Waals surface area contributed by atoms with Gasteiger partial charge in [0, 0.05) is 23.3 Å². The Balaban J connectivity index is 2.26. The smallest absolute Gasteiger partial charge is 0.0947 e. The number of aromatic nitrogens is 2. The van der Waals surface area contributed by atoms with Crippen LogP contribution in [0.15, 0.2) is 30.7 Å². The van der Waals surface area contributed by atoms with Crippen molar-refractivity contribution in [2.75, 3.05) is 7.05 Å². The van der Waals surface area contributed by atoms with E-state index in [1.807, 2.05) is 43.1 Å². The van der Waals surface area contributed by atoms with Crippen molar-refractivity contribution in [1.82, 2.24) is 14.9 Å². The van der Waals surface area contributed by atoms with Gasteiger partial charge in [0.1, 0.15) is 0 Å². The van der Waals surface area contributed by atoms with Gasteiger partial charge in [0.2, 0.25) is 0 Å². The Morgan fingerprint density at radius 3 is 2.50 bits per heavy atom. The molecule has 18 heavy (non-hydrogen) atoms. The third-order valence-corrected chi connectivity index (χ3v) is 3.61. The zero-order valence-electron chi connectivity index (χ0n) is 10.3. The van der Waals surface area contributed by atoms with Crippen molar-refractivity contribution in [3.8, 4) is 0 Å². The molecule has 0 fully saturated rings. The monoisotopic (exact) mass is 283 g/mol. The zero-order valence-corrected chi connectivity index (χ0v) is 11.8. The van der Waals surface area contributed by atoms with E-state index in [1.165, 1.54) is 0 Å². The molecule has 1 unspecified atom stereocenters. The quantitative estimate of drug-likeness (QED) is 0.934. The molecular weight excluding hydrogens is 269 g/mol. The lowest BCUT2D eigenvalue weighted by Crippen LogP contribution is -2.19. The standard InChI is InChI=1S/C13H15Cl2N3/c1-16-12(13-7-18(2)8-17-13)6-9-10(14)4-3-5-11(9)15/h3-5,7-8,12,16H,6H2,1-2H3. The summed E-state index contributed by atoms with van der Waals surface area (Å²) in [5.74, 6) is 0. The Morgan fingerprint density at radius 1 is 1.33 bits per heavy atom. The predicted octanol–water partition coefficient (Wildman–Crippen LogP) is 3.23. The summed E-state index contributed by atoms with van der Waals surface area (Å²) in [6.07, 6.45) is 4.49. The number of imidazole rings is 1. The number of nitrogens with zero attached hydrogens (tertiary/aromatic N) is 2. The van der Waals surface area contributed by atoms with E-state index in [4.69, 9.17) is 23.2 Å². The van der Waals surface area contributed by atoms with Gasteiger partial charge in [-0.3, -0.25) is 0 Å². The summed E-state index contributed by atoms with van der Waals surface area (Å²) in [5, 5.41) is 4.63. The van der Waals surface area contributed by atoms with E-state index in [-0.39, 0.29) is 6.04 Å². The fraction of sp³-hybridized carbons (Fsp3) is 0.308. The first kappa shape index (κ1) is 13.4. The van der Waals surface area contributed by atoms with Crippen molar-refractivity contribution in [2.45, 2.75) is 12.5 Å². The van der Waals surface area contributed by atoms with Gasteiger partial charge in [0.25, 0.3) is 0 Å². The summed E-state index contributed by atoms with van der Waals surface area (Å²) in [6, 6.07) is 5.66. The lowest BCUT2D eigenvalue weighted by molar-refractivity contribution is 0.578. The minimum atomic E-state index is 0.101. The summed E-state index contributed by atoms with van der Waals surface area (Å²) < 4.78 is 1.92. The highest BCUT2D eigenvalue weighted by molar-refractivity contribution is 6.36. The van der Waals surface area contributed by atoms with Crippen LogP contribution >= 0.6 is 23.2 Å². The first-order valence-corrected chi connectivity index (χ1v) is 6.45. The van der Waals surface area contributed by atoms with Crippen molar-refractivity contribution < 1.29 is 0 Å². The van der Waals surface area contributed by atoms with Gasteiger partial charge >= 0.3 is 0 Å². The van der Waals surface area contributed by atoms with Gasteiger partial charge in [-0.1, -0.05) is 29.3 Å². The summed E-state index contributed by atoms with van der Waals surface area (Å²) >= 11 is 12.4. The average molecular weight is 284 g/mol. The van der Waals surface area contributed by atoms with Crippen molar-refractivity contribution in [1.29, 1.82) is 0 Å². The molecule has 0 saturated heterocycles. The van der Waals surface area contributed by atoms with Gasteiger partial charge < -0.3 is 9.88 Å². The summed E-state index contributed by atoms with van der Waals surface area (Å²) in [7, 11) is 3.86. The summed E-state index contributed by atoms with van der Waals surface area (Å²) in [6.45, 7) is 0. The van der Waals surface area contributed by atoms with Crippen molar-refractivity contribution in [3.05, 3.63) is 52.0 Å².